The average molecular weight is 1350 g/mol. The monoisotopic (exact) mass is 1350 g/mol. The van der Waals surface area contributed by atoms with E-state index in [9.17, 15) is 33.9 Å². The van der Waals surface area contributed by atoms with E-state index in [1.807, 2.05) is 37.3 Å². The van der Waals surface area contributed by atoms with E-state index in [0.29, 0.717) is 25.6 Å². The first-order chi connectivity index (χ1) is 44.3. The molecule has 8 rings (SSSR count). The summed E-state index contributed by atoms with van der Waals surface area (Å²) in [5, 5.41) is 10.2. The van der Waals surface area contributed by atoms with Crippen LogP contribution in [0.4, 0.5) is 0 Å². The van der Waals surface area contributed by atoms with Gasteiger partial charge in [-0.25, -0.2) is 9.59 Å². The highest BCUT2D eigenvalue weighted by Crippen LogP contribution is 2.42. The summed E-state index contributed by atoms with van der Waals surface area (Å²) in [4.78, 5) is 82.7. The van der Waals surface area contributed by atoms with Gasteiger partial charge in [0.05, 0.1) is 33.2 Å². The summed E-state index contributed by atoms with van der Waals surface area (Å²) >= 11 is 1.57. The topological polar surface area (TPSA) is 175 Å². The number of methoxy groups -OCH3 is 2. The minimum absolute atomic E-state index is 0.0130. The SMILES string of the molecule is C1CCOC1.CCCCP(CCCC)CCCC.COC(=O)[C@@H]1[C@@H](CC(=O)OC(C)(C)C)[C@@H](Sc2ccc(C)cc2)CN1C(=O)c1ccccc1.COC(=O)[C@@H]1[C@@H](CC(=O)OC(C)(C)C)[C@H](O)CN1C(=O)c1ccccc1.Cc1ccc(SSc2ccc(C)cc2)cc1. The highest BCUT2D eigenvalue weighted by atomic mass is 33.1. The minimum atomic E-state index is -1.05. The molecule has 3 fully saturated rings. The summed E-state index contributed by atoms with van der Waals surface area (Å²) in [5.74, 6) is -4.02. The Morgan fingerprint density at radius 2 is 0.871 bits per heavy atom. The average Bonchev–Trinajstić information content (AvgIpc) is 1.65. The van der Waals surface area contributed by atoms with Gasteiger partial charge < -0.3 is 38.6 Å². The van der Waals surface area contributed by atoms with Gasteiger partial charge in [-0.1, -0.05) is 151 Å². The number of benzene rings is 5. The maximum absolute atomic E-state index is 13.4. The van der Waals surface area contributed by atoms with Gasteiger partial charge in [0.1, 0.15) is 23.3 Å². The van der Waals surface area contributed by atoms with Crippen LogP contribution in [0.25, 0.3) is 0 Å². The van der Waals surface area contributed by atoms with E-state index in [1.54, 1.807) is 153 Å². The molecule has 5 aromatic rings. The molecule has 1 N–H and O–H groups in total. The molecule has 5 aromatic carbocycles. The first-order valence-corrected chi connectivity index (χ1v) is 37.7. The largest absolute Gasteiger partial charge is 0.467 e. The molecule has 0 unspecified atom stereocenters. The second-order valence-electron chi connectivity index (χ2n) is 25.5. The fourth-order valence-corrected chi connectivity index (χ4v) is 16.5. The van der Waals surface area contributed by atoms with E-state index >= 15 is 0 Å². The van der Waals surface area contributed by atoms with Crippen LogP contribution in [0.5, 0.6) is 0 Å². The second-order valence-corrected chi connectivity index (χ2v) is 31.8. The van der Waals surface area contributed by atoms with Crippen LogP contribution in [0, 0.1) is 32.6 Å². The molecule has 0 bridgehead atoms. The Bertz CT molecular complexity index is 2920. The number of hydrogen-bond donors (Lipinski definition) is 1. The van der Waals surface area contributed by atoms with Gasteiger partial charge >= 0.3 is 23.9 Å². The Balaban J connectivity index is 0.000000271. The summed E-state index contributed by atoms with van der Waals surface area (Å²) in [5.41, 5.74) is 3.32. The number of hydrogen-bond acceptors (Lipinski definition) is 15. The molecule has 18 heteroatoms. The van der Waals surface area contributed by atoms with Crippen LogP contribution in [-0.4, -0.2) is 144 Å². The van der Waals surface area contributed by atoms with Crippen molar-refractivity contribution >= 4 is 77.0 Å². The number of carbonyl (C=O) groups excluding carboxylic acids is 6. The van der Waals surface area contributed by atoms with Gasteiger partial charge in [0.25, 0.3) is 11.8 Å². The van der Waals surface area contributed by atoms with Gasteiger partial charge in [-0.15, -0.1) is 19.7 Å². The van der Waals surface area contributed by atoms with Crippen molar-refractivity contribution in [3.05, 3.63) is 161 Å². The predicted octanol–water partition coefficient (Wildman–Crippen LogP) is 16.7. The van der Waals surface area contributed by atoms with Crippen molar-refractivity contribution in [1.29, 1.82) is 0 Å². The number of aliphatic hydroxyl groups is 1. The van der Waals surface area contributed by atoms with Crippen LogP contribution in [0.15, 0.2) is 148 Å². The van der Waals surface area contributed by atoms with Crippen LogP contribution in [0.3, 0.4) is 0 Å². The number of amides is 2. The van der Waals surface area contributed by atoms with E-state index in [-0.39, 0.29) is 30.5 Å². The lowest BCUT2D eigenvalue weighted by Gasteiger charge is -2.27. The van der Waals surface area contributed by atoms with Crippen LogP contribution >= 0.6 is 41.3 Å². The molecular formula is C75H105N2O12PS3. The lowest BCUT2D eigenvalue weighted by atomic mass is 9.94. The van der Waals surface area contributed by atoms with Crippen molar-refractivity contribution in [2.24, 2.45) is 11.8 Å². The molecule has 510 valence electrons. The number of thioether (sulfide) groups is 1. The summed E-state index contributed by atoms with van der Waals surface area (Å²) in [6.45, 7) is 26.1. The third-order valence-electron chi connectivity index (χ3n) is 15.2. The number of esters is 4. The molecule has 3 saturated heterocycles. The third-order valence-corrected chi connectivity index (χ3v) is 21.8. The van der Waals surface area contributed by atoms with E-state index in [0.717, 1.165) is 23.7 Å². The number of aryl methyl sites for hydroxylation is 3. The number of likely N-dealkylation sites (tertiary alicyclic amines) is 2. The van der Waals surface area contributed by atoms with Crippen molar-refractivity contribution in [2.75, 3.05) is 59.0 Å². The van der Waals surface area contributed by atoms with E-state index in [4.69, 9.17) is 23.7 Å². The molecule has 3 heterocycles. The van der Waals surface area contributed by atoms with E-state index < -0.39 is 71.0 Å². The molecule has 0 radical (unpaired) electrons. The third kappa shape index (κ3) is 29.5. The molecule has 3 aliphatic rings. The lowest BCUT2D eigenvalue weighted by molar-refractivity contribution is -0.159. The van der Waals surface area contributed by atoms with Gasteiger partial charge in [0, 0.05) is 69.2 Å². The molecule has 0 saturated carbocycles. The molecule has 14 nitrogen and oxygen atoms in total. The van der Waals surface area contributed by atoms with Crippen molar-refractivity contribution in [3.8, 4) is 0 Å². The first kappa shape index (κ1) is 79.8. The van der Waals surface area contributed by atoms with Crippen molar-refractivity contribution < 1.29 is 57.6 Å². The minimum Gasteiger partial charge on any atom is -0.467 e. The zero-order chi connectivity index (χ0) is 68.5. The standard InChI is InChI=1S/C26H31NO5S.C19H25NO6.C14H14S2.C12H27P.C4H8O/c1-17-11-13-19(14-12-17)33-21-16-27(24(29)18-9-7-6-8-10-18)23(25(30)31-5)20(21)15-22(28)32-26(2,3)4;1-19(2,3)26-15(22)10-13-14(21)11-20(16(13)18(24)25-4)17(23)12-8-6-5-7-9-12;1-11-3-7-13(8-4-11)15-16-14-9-5-12(2)6-10-14;1-4-7-10-13(11-8-5-2)12-9-6-3;1-2-4-5-3-1/h6-14,20-21,23H,15-16H2,1-5H3;5-9,13-14,16,21H,10-11H2,1-4H3;3-10H,1-2H3;4-12H2,1-3H3;1-4H2/t20-,21-,23-;13-,14+,16-;;;/m00.../s1. The van der Waals surface area contributed by atoms with Gasteiger partial charge in [0.2, 0.25) is 0 Å². The maximum Gasteiger partial charge on any atom is 0.329 e. The molecule has 2 amide bonds. The number of unbranched alkanes of at least 4 members (excludes halogenated alkanes) is 3. The smallest absolute Gasteiger partial charge is 0.329 e. The maximum atomic E-state index is 13.4. The molecule has 93 heavy (non-hydrogen) atoms. The Kier molecular flexibility index (Phi) is 36.0. The Hall–Kier alpha value is -5.68. The molecule has 3 aliphatic heterocycles. The highest BCUT2D eigenvalue weighted by Gasteiger charge is 2.51. The van der Waals surface area contributed by atoms with Crippen molar-refractivity contribution in [3.63, 3.8) is 0 Å². The Morgan fingerprint density at radius 3 is 1.22 bits per heavy atom. The van der Waals surface area contributed by atoms with E-state index in [1.165, 1.54) is 91.4 Å². The number of β-amino-alcohol motifs (C(OH)–C–C–N with tert-alkyl or cyclic N) is 1. The summed E-state index contributed by atoms with van der Waals surface area (Å²) < 4.78 is 25.7. The summed E-state index contributed by atoms with van der Waals surface area (Å²) in [6.07, 6.45) is 14.6. The van der Waals surface area contributed by atoms with Crippen molar-refractivity contribution in [2.45, 2.75) is 197 Å². The molecule has 0 aromatic heterocycles. The first-order valence-electron chi connectivity index (χ1n) is 32.8. The number of nitrogens with zero attached hydrogens (tertiary/aromatic N) is 2. The molecule has 6 atom stereocenters. The van der Waals surface area contributed by atoms with Crippen LogP contribution in [-0.2, 0) is 42.9 Å². The second kappa shape index (κ2) is 42.0. The number of ether oxygens (including phenoxy) is 5. The number of rotatable bonds is 22. The predicted molar refractivity (Wildman–Crippen MR) is 382 cm³/mol. The number of carbonyl (C=O) groups is 6. The van der Waals surface area contributed by atoms with E-state index in [2.05, 4.69) is 83.1 Å². The Labute approximate surface area is 569 Å². The normalized spacial score (nSPS) is 18.2. The fourth-order valence-electron chi connectivity index (χ4n) is 10.4. The van der Waals surface area contributed by atoms with Crippen LogP contribution in [0.1, 0.15) is 164 Å². The zero-order valence-corrected chi connectivity index (χ0v) is 61.0. The van der Waals surface area contributed by atoms with Crippen LogP contribution in [0.2, 0.25) is 0 Å². The van der Waals surface area contributed by atoms with Crippen LogP contribution < -0.4 is 0 Å². The lowest BCUT2D eigenvalue weighted by Crippen LogP contribution is -2.44. The molecule has 0 spiro atoms. The van der Waals surface area contributed by atoms with Gasteiger partial charge in [-0.05, 0) is 174 Å². The molecular weight excluding hydrogens is 1250 g/mol. The van der Waals surface area contributed by atoms with Crippen molar-refractivity contribution in [1.82, 2.24) is 9.80 Å². The van der Waals surface area contributed by atoms with Gasteiger partial charge in [-0.2, -0.15) is 0 Å². The van der Waals surface area contributed by atoms with Gasteiger partial charge in [-0.3, -0.25) is 19.2 Å². The fraction of sp³-hybridized carbons (Fsp3) is 0.520. The number of aliphatic hydroxyl groups excluding tert-OH is 1. The molecule has 0 aliphatic carbocycles. The van der Waals surface area contributed by atoms with Gasteiger partial charge in [0.15, 0.2) is 0 Å². The highest BCUT2D eigenvalue weighted by molar-refractivity contribution is 8.76. The summed E-state index contributed by atoms with van der Waals surface area (Å²) in [7, 11) is 6.55. The quantitative estimate of drug-likeness (QED) is 0.0300. The summed E-state index contributed by atoms with van der Waals surface area (Å²) in [6, 6.07) is 40.7. The zero-order valence-electron chi connectivity index (χ0n) is 57.7. The Morgan fingerprint density at radius 1 is 0.516 bits per heavy atom.